The molecule has 0 unspecified atom stereocenters. The molecule has 2 amide bonds. The van der Waals surface area contributed by atoms with Crippen LogP contribution in [0.3, 0.4) is 0 Å². The second-order valence-corrected chi connectivity index (χ2v) is 7.89. The van der Waals surface area contributed by atoms with Gasteiger partial charge in [0.15, 0.2) is 5.11 Å². The lowest BCUT2D eigenvalue weighted by Crippen LogP contribution is -2.54. The van der Waals surface area contributed by atoms with Gasteiger partial charge in [0.1, 0.15) is 5.57 Å². The molecule has 2 fully saturated rings. The Bertz CT molecular complexity index is 877. The molecule has 1 N–H and O–H groups in total. The lowest BCUT2D eigenvalue weighted by atomic mass is 9.97. The molecule has 0 radical (unpaired) electrons. The van der Waals surface area contributed by atoms with Crippen molar-refractivity contribution in [2.75, 3.05) is 24.6 Å². The number of hydrogen-bond donors (Lipinski definition) is 1. The van der Waals surface area contributed by atoms with Gasteiger partial charge in [0.05, 0.1) is 18.2 Å². The molecular formula is C19H19Cl2N3O4S. The first-order valence-electron chi connectivity index (χ1n) is 9.08. The zero-order valence-electron chi connectivity index (χ0n) is 15.6. The van der Waals surface area contributed by atoms with Gasteiger partial charge >= 0.3 is 5.97 Å². The zero-order valence-corrected chi connectivity index (χ0v) is 17.9. The van der Waals surface area contributed by atoms with Gasteiger partial charge in [0.25, 0.3) is 11.8 Å². The van der Waals surface area contributed by atoms with Crippen LogP contribution in [0.4, 0.5) is 5.69 Å². The van der Waals surface area contributed by atoms with Crippen molar-refractivity contribution >= 4 is 64.0 Å². The highest BCUT2D eigenvalue weighted by molar-refractivity contribution is 7.80. The molecular weight excluding hydrogens is 437 g/mol. The smallest absolute Gasteiger partial charge is 0.309 e. The third-order valence-electron chi connectivity index (χ3n) is 4.67. The van der Waals surface area contributed by atoms with Crippen molar-refractivity contribution in [2.24, 2.45) is 5.92 Å². The molecule has 0 aliphatic carbocycles. The molecule has 2 saturated heterocycles. The molecule has 0 spiro atoms. The van der Waals surface area contributed by atoms with E-state index >= 15 is 0 Å². The van der Waals surface area contributed by atoms with Crippen LogP contribution in [0.25, 0.3) is 0 Å². The van der Waals surface area contributed by atoms with Gasteiger partial charge in [-0.1, -0.05) is 23.2 Å². The molecule has 2 aliphatic heterocycles. The fourth-order valence-electron chi connectivity index (χ4n) is 3.25. The summed E-state index contributed by atoms with van der Waals surface area (Å²) in [4.78, 5) is 40.3. The molecule has 0 atom stereocenters. The number of likely N-dealkylation sites (tertiary alicyclic amines) is 1. The molecule has 1 aromatic carbocycles. The molecule has 0 bridgehead atoms. The van der Waals surface area contributed by atoms with E-state index in [9.17, 15) is 14.4 Å². The van der Waals surface area contributed by atoms with E-state index in [1.165, 1.54) is 29.3 Å². The van der Waals surface area contributed by atoms with Crippen LogP contribution in [-0.2, 0) is 19.1 Å². The van der Waals surface area contributed by atoms with Gasteiger partial charge in [0, 0.05) is 29.3 Å². The second kappa shape index (κ2) is 9.11. The first kappa shape index (κ1) is 21.5. The number of piperidine rings is 1. The maximum Gasteiger partial charge on any atom is 0.309 e. The number of nitrogens with zero attached hydrogens (tertiary/aromatic N) is 2. The number of nitrogens with one attached hydrogen (secondary N) is 1. The summed E-state index contributed by atoms with van der Waals surface area (Å²) in [5.74, 6) is -1.51. The maximum atomic E-state index is 13.0. The highest BCUT2D eigenvalue weighted by Gasteiger charge is 2.36. The highest BCUT2D eigenvalue weighted by atomic mass is 35.5. The third-order valence-corrected chi connectivity index (χ3v) is 5.39. The number of hydrogen-bond acceptors (Lipinski definition) is 6. The monoisotopic (exact) mass is 455 g/mol. The third kappa shape index (κ3) is 4.88. The molecule has 154 valence electrons. The van der Waals surface area contributed by atoms with Crippen molar-refractivity contribution in [1.82, 2.24) is 10.2 Å². The first-order valence-corrected chi connectivity index (χ1v) is 10.2. The van der Waals surface area contributed by atoms with Crippen LogP contribution >= 0.6 is 35.4 Å². The highest BCUT2D eigenvalue weighted by Crippen LogP contribution is 2.28. The number of anilines is 1. The number of halogens is 2. The normalized spacial score (nSPS) is 19.6. The van der Waals surface area contributed by atoms with Gasteiger partial charge in [-0.25, -0.2) is 0 Å². The van der Waals surface area contributed by atoms with Gasteiger partial charge in [-0.05, 0) is 50.2 Å². The van der Waals surface area contributed by atoms with Crippen molar-refractivity contribution in [3.63, 3.8) is 0 Å². The van der Waals surface area contributed by atoms with Crippen LogP contribution in [0.15, 0.2) is 30.0 Å². The summed E-state index contributed by atoms with van der Waals surface area (Å²) >= 11 is 17.2. The van der Waals surface area contributed by atoms with Gasteiger partial charge < -0.3 is 9.64 Å². The molecule has 7 nitrogen and oxygen atoms in total. The van der Waals surface area contributed by atoms with Gasteiger partial charge in [0.2, 0.25) is 0 Å². The number of thiocarbonyl (C=S) groups is 1. The summed E-state index contributed by atoms with van der Waals surface area (Å²) in [6.45, 7) is 3.18. The summed E-state index contributed by atoms with van der Waals surface area (Å²) in [6, 6.07) is 4.61. The van der Waals surface area contributed by atoms with Gasteiger partial charge in [-0.15, -0.1) is 0 Å². The molecule has 0 saturated carbocycles. The van der Waals surface area contributed by atoms with Gasteiger partial charge in [-0.2, -0.15) is 0 Å². The van der Waals surface area contributed by atoms with E-state index in [4.69, 9.17) is 40.2 Å². The van der Waals surface area contributed by atoms with Crippen LogP contribution in [0.1, 0.15) is 19.8 Å². The van der Waals surface area contributed by atoms with Crippen LogP contribution in [0, 0.1) is 5.92 Å². The summed E-state index contributed by atoms with van der Waals surface area (Å²) in [5, 5.41) is 3.16. The Morgan fingerprint density at radius 2 is 1.86 bits per heavy atom. The number of amides is 2. The van der Waals surface area contributed by atoms with E-state index in [0.29, 0.717) is 48.3 Å². The predicted molar refractivity (Wildman–Crippen MR) is 114 cm³/mol. The summed E-state index contributed by atoms with van der Waals surface area (Å²) in [5.41, 5.74) is 0.314. The maximum absolute atomic E-state index is 13.0. The standard InChI is InChI=1S/C19H19Cl2N3O4S/c1-2-28-18(27)11-3-5-23(6-4-11)10-15-16(25)22-19(29)24(17(15)26)14-8-12(20)7-13(21)9-14/h7-11H,2-6H2,1H3,(H,22,25,29)/b15-10-. The van der Waals surface area contributed by atoms with E-state index in [0.717, 1.165) is 0 Å². The molecule has 2 heterocycles. The zero-order chi connectivity index (χ0) is 21.1. The fraction of sp³-hybridized carbons (Fsp3) is 0.368. The summed E-state index contributed by atoms with van der Waals surface area (Å²) < 4.78 is 5.06. The minimum Gasteiger partial charge on any atom is -0.466 e. The minimum absolute atomic E-state index is 0.0449. The van der Waals surface area contributed by atoms with Crippen molar-refractivity contribution in [2.45, 2.75) is 19.8 Å². The Balaban J connectivity index is 1.78. The topological polar surface area (TPSA) is 79.0 Å². The molecule has 10 heteroatoms. The number of ether oxygens (including phenoxy) is 1. The predicted octanol–water partition coefficient (Wildman–Crippen LogP) is 2.90. The van der Waals surface area contributed by atoms with Crippen LogP contribution < -0.4 is 10.2 Å². The molecule has 29 heavy (non-hydrogen) atoms. The van der Waals surface area contributed by atoms with Crippen LogP contribution in [0.2, 0.25) is 10.0 Å². The second-order valence-electron chi connectivity index (χ2n) is 6.63. The largest absolute Gasteiger partial charge is 0.466 e. The van der Waals surface area contributed by atoms with E-state index in [1.807, 2.05) is 4.90 Å². The summed E-state index contributed by atoms with van der Waals surface area (Å²) in [7, 11) is 0. The SMILES string of the molecule is CCOC(=O)C1CCN(/C=C2/C(=O)NC(=S)N(c3cc(Cl)cc(Cl)c3)C2=O)CC1. The minimum atomic E-state index is -0.572. The van der Waals surface area contributed by atoms with Crippen LogP contribution in [-0.4, -0.2) is 47.5 Å². The average molecular weight is 456 g/mol. The quantitative estimate of drug-likeness (QED) is 0.325. The van der Waals surface area contributed by atoms with Gasteiger partial charge in [-0.3, -0.25) is 24.6 Å². The number of rotatable bonds is 4. The first-order chi connectivity index (χ1) is 13.8. The Labute approximate surface area is 183 Å². The van der Waals surface area contributed by atoms with E-state index in [1.54, 1.807) is 6.92 Å². The van der Waals surface area contributed by atoms with E-state index < -0.39 is 11.8 Å². The molecule has 2 aliphatic rings. The average Bonchev–Trinajstić information content (AvgIpc) is 2.65. The van der Waals surface area contributed by atoms with Crippen LogP contribution in [0.5, 0.6) is 0 Å². The van der Waals surface area contributed by atoms with E-state index in [-0.39, 0.29) is 22.6 Å². The Morgan fingerprint density at radius 3 is 2.45 bits per heavy atom. The van der Waals surface area contributed by atoms with Crippen molar-refractivity contribution in [1.29, 1.82) is 0 Å². The van der Waals surface area contributed by atoms with Crippen molar-refractivity contribution in [3.8, 4) is 0 Å². The molecule has 1 aromatic rings. The van der Waals surface area contributed by atoms with Crippen molar-refractivity contribution in [3.05, 3.63) is 40.0 Å². The number of carbonyl (C=O) groups is 3. The molecule has 3 rings (SSSR count). The number of esters is 1. The number of carbonyl (C=O) groups excluding carboxylic acids is 3. The lowest BCUT2D eigenvalue weighted by Gasteiger charge is -2.33. The Kier molecular flexibility index (Phi) is 6.77. The lowest BCUT2D eigenvalue weighted by molar-refractivity contribution is -0.149. The fourth-order valence-corrected chi connectivity index (χ4v) is 4.05. The number of benzene rings is 1. The van der Waals surface area contributed by atoms with E-state index in [2.05, 4.69) is 5.32 Å². The molecule has 0 aromatic heterocycles. The van der Waals surface area contributed by atoms with Crippen molar-refractivity contribution < 1.29 is 19.1 Å². The summed E-state index contributed by atoms with van der Waals surface area (Å²) in [6.07, 6.45) is 2.69. The Hall–Kier alpha value is -2.16. The Morgan fingerprint density at radius 1 is 1.24 bits per heavy atom.